The first kappa shape index (κ1) is 22.2. The topological polar surface area (TPSA) is 79.8 Å². The lowest BCUT2D eigenvalue weighted by molar-refractivity contribution is -0.126. The molecule has 3 aromatic carbocycles. The van der Waals surface area contributed by atoms with Crippen LogP contribution in [0.1, 0.15) is 23.1 Å². The van der Waals surface area contributed by atoms with Crippen molar-refractivity contribution < 1.29 is 14.3 Å². The minimum Gasteiger partial charge on any atom is -0.488 e. The summed E-state index contributed by atoms with van der Waals surface area (Å²) >= 11 is 3.41. The van der Waals surface area contributed by atoms with Crippen molar-refractivity contribution in [3.8, 4) is 5.75 Å². The standard InChI is InChI=1S/C24H22BrN3O3/c1-17-6-12-21(13-7-17)27-23(29)14-24(30)28-26-15-19-4-2-3-5-22(19)31-16-18-8-10-20(25)11-9-18/h2-13,15H,14,16H2,1H3,(H,27,29)(H,28,30). The molecule has 0 unspecified atom stereocenters. The van der Waals surface area contributed by atoms with Crippen LogP contribution in [-0.4, -0.2) is 18.0 Å². The van der Waals surface area contributed by atoms with Gasteiger partial charge in [0, 0.05) is 15.7 Å². The maximum absolute atomic E-state index is 12.0. The number of para-hydroxylation sites is 1. The van der Waals surface area contributed by atoms with Crippen molar-refractivity contribution >= 4 is 39.6 Å². The number of amides is 2. The number of hydrogen-bond acceptors (Lipinski definition) is 4. The molecule has 0 fully saturated rings. The number of rotatable bonds is 8. The van der Waals surface area contributed by atoms with Gasteiger partial charge in [0.05, 0.1) is 6.21 Å². The third kappa shape index (κ3) is 7.38. The molecule has 0 bridgehead atoms. The van der Waals surface area contributed by atoms with Gasteiger partial charge in [-0.15, -0.1) is 0 Å². The molecular formula is C24H22BrN3O3. The van der Waals surface area contributed by atoms with Gasteiger partial charge in [0.1, 0.15) is 18.8 Å². The van der Waals surface area contributed by atoms with E-state index >= 15 is 0 Å². The Morgan fingerprint density at radius 2 is 1.68 bits per heavy atom. The van der Waals surface area contributed by atoms with Crippen LogP contribution < -0.4 is 15.5 Å². The highest BCUT2D eigenvalue weighted by atomic mass is 79.9. The molecular weight excluding hydrogens is 458 g/mol. The van der Waals surface area contributed by atoms with Gasteiger partial charge < -0.3 is 10.1 Å². The van der Waals surface area contributed by atoms with Crippen molar-refractivity contribution in [2.75, 3.05) is 5.32 Å². The Balaban J connectivity index is 1.50. The average molecular weight is 480 g/mol. The number of ether oxygens (including phenoxy) is 1. The van der Waals surface area contributed by atoms with Gasteiger partial charge in [-0.3, -0.25) is 9.59 Å². The molecule has 0 atom stereocenters. The predicted octanol–water partition coefficient (Wildman–Crippen LogP) is 4.82. The minimum absolute atomic E-state index is 0.326. The summed E-state index contributed by atoms with van der Waals surface area (Å²) in [5.74, 6) is -0.274. The summed E-state index contributed by atoms with van der Waals surface area (Å²) in [5, 5.41) is 6.63. The van der Waals surface area contributed by atoms with E-state index in [1.165, 1.54) is 6.21 Å². The highest BCUT2D eigenvalue weighted by Gasteiger charge is 2.09. The summed E-state index contributed by atoms with van der Waals surface area (Å²) in [7, 11) is 0. The van der Waals surface area contributed by atoms with E-state index in [0.717, 1.165) is 15.6 Å². The van der Waals surface area contributed by atoms with Crippen molar-refractivity contribution in [1.82, 2.24) is 5.43 Å². The third-order valence-electron chi connectivity index (χ3n) is 4.28. The molecule has 0 spiro atoms. The molecule has 0 aliphatic carbocycles. The first-order valence-electron chi connectivity index (χ1n) is 9.64. The van der Waals surface area contributed by atoms with Crippen LogP contribution in [0.25, 0.3) is 0 Å². The maximum atomic E-state index is 12.0. The Morgan fingerprint density at radius 1 is 0.968 bits per heavy atom. The molecule has 0 heterocycles. The molecule has 3 aromatic rings. The quantitative estimate of drug-likeness (QED) is 0.276. The van der Waals surface area contributed by atoms with Gasteiger partial charge in [0.15, 0.2) is 0 Å². The number of carbonyl (C=O) groups excluding carboxylic acids is 2. The summed E-state index contributed by atoms with van der Waals surface area (Å²) in [5.41, 5.74) is 5.85. The molecule has 31 heavy (non-hydrogen) atoms. The van der Waals surface area contributed by atoms with Crippen LogP contribution in [-0.2, 0) is 16.2 Å². The Kier molecular flexibility index (Phi) is 7.95. The van der Waals surface area contributed by atoms with Crippen molar-refractivity contribution in [2.24, 2.45) is 5.10 Å². The predicted molar refractivity (Wildman–Crippen MR) is 125 cm³/mol. The number of carbonyl (C=O) groups is 2. The first-order chi connectivity index (χ1) is 15.0. The van der Waals surface area contributed by atoms with Crippen molar-refractivity contribution in [1.29, 1.82) is 0 Å². The van der Waals surface area contributed by atoms with E-state index < -0.39 is 11.8 Å². The zero-order chi connectivity index (χ0) is 22.1. The second kappa shape index (κ2) is 11.1. The smallest absolute Gasteiger partial charge is 0.249 e. The van der Waals surface area contributed by atoms with Crippen molar-refractivity contribution in [3.05, 3.63) is 94.0 Å². The number of nitrogens with zero attached hydrogens (tertiary/aromatic N) is 1. The fourth-order valence-corrected chi connectivity index (χ4v) is 2.93. The lowest BCUT2D eigenvalue weighted by Gasteiger charge is -2.09. The molecule has 0 aromatic heterocycles. The second-order valence-corrected chi connectivity index (χ2v) is 7.75. The summed E-state index contributed by atoms with van der Waals surface area (Å²) in [6, 6.07) is 22.6. The molecule has 2 amide bonds. The number of benzene rings is 3. The Morgan fingerprint density at radius 3 is 2.42 bits per heavy atom. The zero-order valence-corrected chi connectivity index (χ0v) is 18.6. The van der Waals surface area contributed by atoms with E-state index in [2.05, 4.69) is 31.8 Å². The fourth-order valence-electron chi connectivity index (χ4n) is 2.66. The molecule has 0 aliphatic rings. The monoisotopic (exact) mass is 479 g/mol. The number of halogens is 1. The average Bonchev–Trinajstić information content (AvgIpc) is 2.76. The molecule has 0 saturated heterocycles. The summed E-state index contributed by atoms with van der Waals surface area (Å²) < 4.78 is 6.88. The van der Waals surface area contributed by atoms with E-state index in [9.17, 15) is 9.59 Å². The normalized spacial score (nSPS) is 10.6. The SMILES string of the molecule is Cc1ccc(NC(=O)CC(=O)NN=Cc2ccccc2OCc2ccc(Br)cc2)cc1. The zero-order valence-electron chi connectivity index (χ0n) is 17.0. The second-order valence-electron chi connectivity index (χ2n) is 6.84. The van der Waals surface area contributed by atoms with Crippen LogP contribution in [0.15, 0.2) is 82.4 Å². The van der Waals surface area contributed by atoms with Crippen LogP contribution >= 0.6 is 15.9 Å². The highest BCUT2D eigenvalue weighted by molar-refractivity contribution is 9.10. The van der Waals surface area contributed by atoms with E-state index in [0.29, 0.717) is 23.6 Å². The Hall–Kier alpha value is -3.45. The molecule has 2 N–H and O–H groups in total. The van der Waals surface area contributed by atoms with Gasteiger partial charge in [-0.1, -0.05) is 57.9 Å². The van der Waals surface area contributed by atoms with Crippen LogP contribution in [0.5, 0.6) is 5.75 Å². The van der Waals surface area contributed by atoms with Gasteiger partial charge in [0.25, 0.3) is 0 Å². The lowest BCUT2D eigenvalue weighted by Crippen LogP contribution is -2.24. The van der Waals surface area contributed by atoms with Gasteiger partial charge in [-0.25, -0.2) is 5.43 Å². The molecule has 0 aliphatic heterocycles. The van der Waals surface area contributed by atoms with Gasteiger partial charge in [-0.05, 0) is 48.9 Å². The number of aryl methyl sites for hydroxylation is 1. The van der Waals surface area contributed by atoms with E-state index in [4.69, 9.17) is 4.74 Å². The number of nitrogens with one attached hydrogen (secondary N) is 2. The molecule has 3 rings (SSSR count). The Labute approximate surface area is 189 Å². The van der Waals surface area contributed by atoms with Crippen molar-refractivity contribution in [3.63, 3.8) is 0 Å². The van der Waals surface area contributed by atoms with E-state index in [1.54, 1.807) is 12.1 Å². The molecule has 6 nitrogen and oxygen atoms in total. The minimum atomic E-state index is -0.505. The summed E-state index contributed by atoms with van der Waals surface area (Å²) in [4.78, 5) is 24.0. The van der Waals surface area contributed by atoms with Crippen LogP contribution in [0.3, 0.4) is 0 Å². The highest BCUT2D eigenvalue weighted by Crippen LogP contribution is 2.18. The van der Waals surface area contributed by atoms with Crippen LogP contribution in [0.4, 0.5) is 5.69 Å². The van der Waals surface area contributed by atoms with Gasteiger partial charge in [-0.2, -0.15) is 5.10 Å². The van der Waals surface area contributed by atoms with Gasteiger partial charge >= 0.3 is 0 Å². The number of anilines is 1. The largest absolute Gasteiger partial charge is 0.488 e. The molecule has 0 radical (unpaired) electrons. The van der Waals surface area contributed by atoms with E-state index in [-0.39, 0.29) is 6.42 Å². The third-order valence-corrected chi connectivity index (χ3v) is 4.80. The fraction of sp³-hybridized carbons (Fsp3) is 0.125. The van der Waals surface area contributed by atoms with Gasteiger partial charge in [0.2, 0.25) is 11.8 Å². The lowest BCUT2D eigenvalue weighted by atomic mass is 10.2. The molecule has 0 saturated carbocycles. The summed E-state index contributed by atoms with van der Waals surface area (Å²) in [6.07, 6.45) is 1.17. The van der Waals surface area contributed by atoms with Crippen LogP contribution in [0, 0.1) is 6.92 Å². The Bertz CT molecular complexity index is 1060. The van der Waals surface area contributed by atoms with Crippen molar-refractivity contribution in [2.45, 2.75) is 20.0 Å². The van der Waals surface area contributed by atoms with E-state index in [1.807, 2.05) is 67.6 Å². The summed E-state index contributed by atoms with van der Waals surface area (Å²) in [6.45, 7) is 2.37. The first-order valence-corrected chi connectivity index (χ1v) is 10.4. The molecule has 7 heteroatoms. The molecule has 158 valence electrons. The number of hydrogen-bond donors (Lipinski definition) is 2. The maximum Gasteiger partial charge on any atom is 0.249 e. The number of hydrazone groups is 1. The van der Waals surface area contributed by atoms with Crippen LogP contribution in [0.2, 0.25) is 0 Å².